The monoisotopic (exact) mass is 471 g/mol. The van der Waals surface area contributed by atoms with Gasteiger partial charge in [0.1, 0.15) is 0 Å². The molecular weight excluding hydrogens is 446 g/mol. The smallest absolute Gasteiger partial charge is 0.251 e. The maximum Gasteiger partial charge on any atom is 0.251 e. The van der Waals surface area contributed by atoms with Crippen molar-refractivity contribution in [2.75, 3.05) is 11.1 Å². The molecule has 168 valence electrons. The second-order valence-corrected chi connectivity index (χ2v) is 8.88. The lowest BCUT2D eigenvalue weighted by molar-refractivity contribution is -0.113. The third kappa shape index (κ3) is 6.11. The molecular formula is C23H26ClN5O2S. The van der Waals surface area contributed by atoms with Crippen LogP contribution in [0.1, 0.15) is 47.2 Å². The standard InChI is InChI=1S/C23H26ClN5O2S/c1-5-29-21(16(4)25-22(31)17-6-8-18(24)9-7-17)27-28-23(29)32-13-20(30)26-19-11-14(2)10-15(3)12-19/h6-12,16H,5,13H2,1-4H3,(H,25,31)(H,26,30)/t16-/m0/s1. The number of nitrogens with one attached hydrogen (secondary N) is 2. The number of hydrogen-bond donors (Lipinski definition) is 2. The van der Waals surface area contributed by atoms with Crippen LogP contribution in [0.2, 0.25) is 5.02 Å². The van der Waals surface area contributed by atoms with Crippen molar-refractivity contribution >= 4 is 40.9 Å². The number of nitrogens with zero attached hydrogens (tertiary/aromatic N) is 3. The van der Waals surface area contributed by atoms with Gasteiger partial charge in [-0.25, -0.2) is 0 Å². The van der Waals surface area contributed by atoms with Gasteiger partial charge in [0.15, 0.2) is 11.0 Å². The van der Waals surface area contributed by atoms with Crippen LogP contribution in [-0.2, 0) is 11.3 Å². The molecule has 2 aromatic carbocycles. The highest BCUT2D eigenvalue weighted by atomic mass is 35.5. The van der Waals surface area contributed by atoms with Crippen molar-refractivity contribution in [3.05, 3.63) is 70.0 Å². The normalized spacial score (nSPS) is 11.8. The lowest BCUT2D eigenvalue weighted by Gasteiger charge is -2.15. The molecule has 0 saturated carbocycles. The number of rotatable bonds is 8. The van der Waals surface area contributed by atoms with Gasteiger partial charge >= 0.3 is 0 Å². The molecule has 0 saturated heterocycles. The Kier molecular flexibility index (Phi) is 7.93. The van der Waals surface area contributed by atoms with Crippen molar-refractivity contribution in [1.82, 2.24) is 20.1 Å². The summed E-state index contributed by atoms with van der Waals surface area (Å²) >= 11 is 7.20. The summed E-state index contributed by atoms with van der Waals surface area (Å²) in [6.45, 7) is 8.43. The maximum atomic E-state index is 12.5. The maximum absolute atomic E-state index is 12.5. The van der Waals surface area contributed by atoms with Gasteiger partial charge in [0, 0.05) is 22.8 Å². The van der Waals surface area contributed by atoms with Gasteiger partial charge in [0.2, 0.25) is 5.91 Å². The molecule has 0 radical (unpaired) electrons. The molecule has 2 amide bonds. The van der Waals surface area contributed by atoms with E-state index in [1.54, 1.807) is 24.3 Å². The van der Waals surface area contributed by atoms with Gasteiger partial charge in [0.25, 0.3) is 5.91 Å². The minimum atomic E-state index is -0.357. The summed E-state index contributed by atoms with van der Waals surface area (Å²) < 4.78 is 1.90. The zero-order valence-electron chi connectivity index (χ0n) is 18.5. The van der Waals surface area contributed by atoms with Crippen molar-refractivity contribution in [1.29, 1.82) is 0 Å². The number of carbonyl (C=O) groups excluding carboxylic acids is 2. The lowest BCUT2D eigenvalue weighted by Crippen LogP contribution is -2.28. The fraction of sp³-hybridized carbons (Fsp3) is 0.304. The van der Waals surface area contributed by atoms with Crippen LogP contribution in [-0.4, -0.2) is 32.3 Å². The zero-order valence-corrected chi connectivity index (χ0v) is 20.0. The van der Waals surface area contributed by atoms with Crippen LogP contribution < -0.4 is 10.6 Å². The minimum absolute atomic E-state index is 0.115. The predicted octanol–water partition coefficient (Wildman–Crippen LogP) is 4.79. The molecule has 1 aromatic heterocycles. The predicted molar refractivity (Wildman–Crippen MR) is 128 cm³/mol. The first-order valence-electron chi connectivity index (χ1n) is 10.3. The van der Waals surface area contributed by atoms with Crippen molar-refractivity contribution in [2.24, 2.45) is 0 Å². The molecule has 2 N–H and O–H groups in total. The van der Waals surface area contributed by atoms with E-state index in [9.17, 15) is 9.59 Å². The summed E-state index contributed by atoms with van der Waals surface area (Å²) in [7, 11) is 0. The summed E-state index contributed by atoms with van der Waals surface area (Å²) in [5, 5.41) is 15.6. The Bertz CT molecular complexity index is 1090. The Morgan fingerprint density at radius 3 is 2.38 bits per heavy atom. The van der Waals surface area contributed by atoms with Crippen molar-refractivity contribution in [3.8, 4) is 0 Å². The molecule has 1 atom stereocenters. The molecule has 0 aliphatic rings. The van der Waals surface area contributed by atoms with E-state index in [2.05, 4.69) is 26.9 Å². The van der Waals surface area contributed by atoms with E-state index in [0.717, 1.165) is 16.8 Å². The molecule has 0 unspecified atom stereocenters. The first-order chi connectivity index (χ1) is 15.3. The van der Waals surface area contributed by atoms with Gasteiger partial charge in [-0.2, -0.15) is 0 Å². The number of hydrogen-bond acceptors (Lipinski definition) is 5. The number of aryl methyl sites for hydroxylation is 2. The number of thioether (sulfide) groups is 1. The number of anilines is 1. The van der Waals surface area contributed by atoms with E-state index in [4.69, 9.17) is 11.6 Å². The fourth-order valence-electron chi connectivity index (χ4n) is 3.34. The van der Waals surface area contributed by atoms with Gasteiger partial charge in [-0.05, 0) is 75.2 Å². The Balaban J connectivity index is 1.62. The van der Waals surface area contributed by atoms with E-state index >= 15 is 0 Å². The second-order valence-electron chi connectivity index (χ2n) is 7.50. The SMILES string of the molecule is CCn1c(SCC(=O)Nc2cc(C)cc(C)c2)nnc1[C@H](C)NC(=O)c1ccc(Cl)cc1. The topological polar surface area (TPSA) is 88.9 Å². The molecule has 0 aliphatic heterocycles. The summed E-state index contributed by atoms with van der Waals surface area (Å²) in [4.78, 5) is 24.9. The summed E-state index contributed by atoms with van der Waals surface area (Å²) in [5.41, 5.74) is 3.49. The molecule has 0 bridgehead atoms. The van der Waals surface area contributed by atoms with Crippen LogP contribution in [0.25, 0.3) is 0 Å². The first kappa shape index (κ1) is 23.8. The minimum Gasteiger partial charge on any atom is -0.342 e. The van der Waals surface area contributed by atoms with E-state index in [0.29, 0.717) is 28.1 Å². The van der Waals surface area contributed by atoms with Gasteiger partial charge in [-0.3, -0.25) is 9.59 Å². The van der Waals surface area contributed by atoms with Gasteiger partial charge in [0.05, 0.1) is 11.8 Å². The molecule has 1 heterocycles. The fourth-order valence-corrected chi connectivity index (χ4v) is 4.28. The Morgan fingerprint density at radius 1 is 1.09 bits per heavy atom. The second kappa shape index (κ2) is 10.7. The van der Waals surface area contributed by atoms with Gasteiger partial charge in [-0.1, -0.05) is 29.4 Å². The van der Waals surface area contributed by atoms with Gasteiger partial charge in [-0.15, -0.1) is 10.2 Å². The Labute approximate surface area is 197 Å². The van der Waals surface area contributed by atoms with Gasteiger partial charge < -0.3 is 15.2 Å². The molecule has 32 heavy (non-hydrogen) atoms. The molecule has 0 aliphatic carbocycles. The molecule has 3 aromatic rings. The zero-order chi connectivity index (χ0) is 23.3. The van der Waals surface area contributed by atoms with Crippen LogP contribution in [0.5, 0.6) is 0 Å². The number of benzene rings is 2. The van der Waals surface area contributed by atoms with Crippen LogP contribution >= 0.6 is 23.4 Å². The summed E-state index contributed by atoms with van der Waals surface area (Å²) in [6.07, 6.45) is 0. The number of halogens is 1. The van der Waals surface area contributed by atoms with Crippen LogP contribution in [0.4, 0.5) is 5.69 Å². The number of carbonyl (C=O) groups is 2. The number of aromatic nitrogens is 3. The van der Waals surface area contributed by atoms with E-state index in [1.807, 2.05) is 44.4 Å². The molecule has 0 spiro atoms. The quantitative estimate of drug-likeness (QED) is 0.461. The number of amides is 2. The highest BCUT2D eigenvalue weighted by molar-refractivity contribution is 7.99. The third-order valence-corrected chi connectivity index (χ3v) is 5.96. The van der Waals surface area contributed by atoms with Crippen LogP contribution in [0, 0.1) is 13.8 Å². The highest BCUT2D eigenvalue weighted by Gasteiger charge is 2.20. The van der Waals surface area contributed by atoms with Crippen LogP contribution in [0.3, 0.4) is 0 Å². The van der Waals surface area contributed by atoms with Crippen LogP contribution in [0.15, 0.2) is 47.6 Å². The average molecular weight is 472 g/mol. The summed E-state index contributed by atoms with van der Waals surface area (Å²) in [6, 6.07) is 12.3. The van der Waals surface area contributed by atoms with Crippen molar-refractivity contribution in [2.45, 2.75) is 45.4 Å². The highest BCUT2D eigenvalue weighted by Crippen LogP contribution is 2.22. The molecule has 9 heteroatoms. The average Bonchev–Trinajstić information content (AvgIpc) is 3.15. The molecule has 0 fully saturated rings. The third-order valence-electron chi connectivity index (χ3n) is 4.74. The lowest BCUT2D eigenvalue weighted by atomic mass is 10.1. The largest absolute Gasteiger partial charge is 0.342 e. The van der Waals surface area contributed by atoms with E-state index in [1.165, 1.54) is 11.8 Å². The van der Waals surface area contributed by atoms with Crippen molar-refractivity contribution in [3.63, 3.8) is 0 Å². The first-order valence-corrected chi connectivity index (χ1v) is 11.6. The Morgan fingerprint density at radius 2 is 1.75 bits per heavy atom. The van der Waals surface area contributed by atoms with E-state index < -0.39 is 0 Å². The molecule has 7 nitrogen and oxygen atoms in total. The summed E-state index contributed by atoms with van der Waals surface area (Å²) in [5.74, 6) is 0.501. The van der Waals surface area contributed by atoms with E-state index in [-0.39, 0.29) is 23.6 Å². The molecule has 3 rings (SSSR count). The van der Waals surface area contributed by atoms with Crippen molar-refractivity contribution < 1.29 is 9.59 Å². The Hall–Kier alpha value is -2.84.